The minimum atomic E-state index is 0.576. The van der Waals surface area contributed by atoms with Crippen molar-refractivity contribution in [2.24, 2.45) is 0 Å². The summed E-state index contributed by atoms with van der Waals surface area (Å²) < 4.78 is 12.0. The third kappa shape index (κ3) is 5.55. The van der Waals surface area contributed by atoms with E-state index in [0.29, 0.717) is 17.5 Å². The summed E-state index contributed by atoms with van der Waals surface area (Å²) >= 11 is 0. The van der Waals surface area contributed by atoms with Crippen LogP contribution in [-0.4, -0.2) is 24.1 Å². The molecule has 0 fully saturated rings. The number of rotatable bonds is 6. The van der Waals surface area contributed by atoms with Crippen molar-refractivity contribution in [3.63, 3.8) is 0 Å². The van der Waals surface area contributed by atoms with Gasteiger partial charge in [-0.25, -0.2) is 15.0 Å². The number of benzene rings is 9. The van der Waals surface area contributed by atoms with Crippen LogP contribution in [0, 0.1) is 0 Å². The summed E-state index contributed by atoms with van der Waals surface area (Å²) in [6, 6.07) is 74.3. The van der Waals surface area contributed by atoms with E-state index >= 15 is 0 Å². The van der Waals surface area contributed by atoms with E-state index in [9.17, 15) is 0 Å². The van der Waals surface area contributed by atoms with Gasteiger partial charge in [-0.3, -0.25) is 0 Å². The van der Waals surface area contributed by atoms with Crippen molar-refractivity contribution < 1.29 is 4.42 Å². The number of nitrogens with zero attached hydrogens (tertiary/aromatic N) is 5. The first kappa shape index (κ1) is 35.2. The summed E-state index contributed by atoms with van der Waals surface area (Å²) in [6.45, 7) is 0. The average Bonchev–Trinajstić information content (AvgIpc) is 4.01. The van der Waals surface area contributed by atoms with E-state index in [0.717, 1.165) is 77.7 Å². The molecule has 0 atom stereocenters. The first-order valence-electron chi connectivity index (χ1n) is 21.2. The van der Waals surface area contributed by atoms with E-state index < -0.39 is 0 Å². The highest BCUT2D eigenvalue weighted by molar-refractivity contribution is 6.20. The second-order valence-electron chi connectivity index (χ2n) is 16.0. The zero-order valence-electron chi connectivity index (χ0n) is 33.9. The molecule has 0 aliphatic carbocycles. The second kappa shape index (κ2) is 14.0. The molecule has 0 aliphatic heterocycles. The van der Waals surface area contributed by atoms with Gasteiger partial charge >= 0.3 is 0 Å². The molecule has 0 unspecified atom stereocenters. The molecule has 4 heterocycles. The normalized spacial score (nSPS) is 11.8. The van der Waals surface area contributed by atoms with Crippen molar-refractivity contribution >= 4 is 65.6 Å². The molecule has 13 rings (SSSR count). The maximum absolute atomic E-state index is 7.19. The van der Waals surface area contributed by atoms with Crippen LogP contribution in [0.25, 0.3) is 122 Å². The topological polar surface area (TPSA) is 61.7 Å². The number of fused-ring (bicyclic) bond motifs is 9. The third-order valence-corrected chi connectivity index (χ3v) is 12.3. The third-order valence-electron chi connectivity index (χ3n) is 12.3. The molecule has 63 heavy (non-hydrogen) atoms. The van der Waals surface area contributed by atoms with Crippen LogP contribution in [0.2, 0.25) is 0 Å². The van der Waals surface area contributed by atoms with Gasteiger partial charge in [-0.1, -0.05) is 158 Å². The summed E-state index contributed by atoms with van der Waals surface area (Å²) in [5.74, 6) is 1.79. The van der Waals surface area contributed by atoms with E-state index in [1.807, 2.05) is 66.7 Å². The molecule has 6 heteroatoms. The molecule has 0 bridgehead atoms. The lowest BCUT2D eigenvalue weighted by Gasteiger charge is -2.11. The number of aromatic nitrogens is 5. The molecule has 0 radical (unpaired) electrons. The van der Waals surface area contributed by atoms with Crippen LogP contribution in [0.1, 0.15) is 0 Å². The summed E-state index contributed by atoms with van der Waals surface area (Å²) in [7, 11) is 0. The minimum Gasteiger partial charge on any atom is -0.454 e. The average molecular weight is 806 g/mol. The lowest BCUT2D eigenvalue weighted by molar-refractivity contribution is 0.666. The number of furan rings is 1. The maximum atomic E-state index is 7.19. The first-order valence-corrected chi connectivity index (χ1v) is 21.2. The first-order chi connectivity index (χ1) is 31.2. The molecular weight excluding hydrogens is 771 g/mol. The van der Waals surface area contributed by atoms with E-state index in [4.69, 9.17) is 19.4 Å². The van der Waals surface area contributed by atoms with Crippen LogP contribution >= 0.6 is 0 Å². The Hall–Kier alpha value is -8.61. The van der Waals surface area contributed by atoms with Gasteiger partial charge in [0, 0.05) is 54.7 Å². The van der Waals surface area contributed by atoms with Gasteiger partial charge in [-0.15, -0.1) is 0 Å². The van der Waals surface area contributed by atoms with Crippen LogP contribution in [0.3, 0.4) is 0 Å². The van der Waals surface area contributed by atoms with Crippen LogP contribution in [0.4, 0.5) is 0 Å². The quantitative estimate of drug-likeness (QED) is 0.168. The molecule has 294 valence electrons. The fraction of sp³-hybridized carbons (Fsp3) is 0. The summed E-state index contributed by atoms with van der Waals surface area (Å²) in [5.41, 5.74) is 12.9. The molecule has 9 aromatic carbocycles. The fourth-order valence-corrected chi connectivity index (χ4v) is 9.54. The van der Waals surface area contributed by atoms with E-state index in [1.165, 1.54) is 27.1 Å². The monoisotopic (exact) mass is 805 g/mol. The zero-order valence-corrected chi connectivity index (χ0v) is 33.9. The van der Waals surface area contributed by atoms with Crippen molar-refractivity contribution in [2.75, 3.05) is 0 Å². The molecule has 13 aromatic rings. The molecule has 0 amide bonds. The Morgan fingerprint density at radius 2 is 0.841 bits per heavy atom. The van der Waals surface area contributed by atoms with Gasteiger partial charge in [-0.05, 0) is 65.7 Å². The maximum Gasteiger partial charge on any atom is 0.164 e. The Balaban J connectivity index is 1.12. The lowest BCUT2D eigenvalue weighted by Crippen LogP contribution is -2.00. The van der Waals surface area contributed by atoms with Gasteiger partial charge in [-0.2, -0.15) is 0 Å². The molecule has 0 saturated heterocycles. The van der Waals surface area contributed by atoms with Gasteiger partial charge in [0.2, 0.25) is 0 Å². The van der Waals surface area contributed by atoms with Gasteiger partial charge in [0.15, 0.2) is 23.1 Å². The van der Waals surface area contributed by atoms with Crippen molar-refractivity contribution in [2.45, 2.75) is 0 Å². The molecule has 0 aliphatic rings. The smallest absolute Gasteiger partial charge is 0.164 e. The molecule has 6 nitrogen and oxygen atoms in total. The Morgan fingerprint density at radius 3 is 1.48 bits per heavy atom. The predicted octanol–water partition coefficient (Wildman–Crippen LogP) is 14.6. The molecule has 0 N–H and O–H groups in total. The predicted molar refractivity (Wildman–Crippen MR) is 258 cm³/mol. The van der Waals surface area contributed by atoms with Crippen molar-refractivity contribution in [3.05, 3.63) is 212 Å². The Kier molecular flexibility index (Phi) is 7.80. The Bertz CT molecular complexity index is 3830. The van der Waals surface area contributed by atoms with Crippen LogP contribution in [0.5, 0.6) is 0 Å². The molecule has 0 spiro atoms. The van der Waals surface area contributed by atoms with Gasteiger partial charge in [0.1, 0.15) is 5.58 Å². The highest BCUT2D eigenvalue weighted by Crippen LogP contribution is 2.44. The van der Waals surface area contributed by atoms with Crippen molar-refractivity contribution in [1.29, 1.82) is 0 Å². The highest BCUT2D eigenvalue weighted by atomic mass is 16.3. The lowest BCUT2D eigenvalue weighted by atomic mass is 9.98. The standard InChI is InChI=1S/C57H35N5O/c1-5-18-36(19-6-1)39-32-46(57-59-55(37-20-7-2-8-21-37)58-56(60-57)38-22-9-3-10-23-38)53-43-28-17-31-49(54(43)63-52(53)33-39)62-48-30-16-14-27-42(48)45-34-44-41-26-13-15-29-47(41)61(50(44)35-51(45)62)40-24-11-4-12-25-40/h1-35H. The number of hydrogen-bond donors (Lipinski definition) is 0. The van der Waals surface area contributed by atoms with Crippen LogP contribution in [0.15, 0.2) is 217 Å². The molecule has 0 saturated carbocycles. The number of para-hydroxylation sites is 4. The van der Waals surface area contributed by atoms with Crippen LogP contribution in [-0.2, 0) is 0 Å². The summed E-state index contributed by atoms with van der Waals surface area (Å²) in [5, 5.41) is 6.72. The van der Waals surface area contributed by atoms with Gasteiger partial charge in [0.05, 0.1) is 27.8 Å². The van der Waals surface area contributed by atoms with Gasteiger partial charge < -0.3 is 13.6 Å². The largest absolute Gasteiger partial charge is 0.454 e. The van der Waals surface area contributed by atoms with E-state index in [-0.39, 0.29) is 0 Å². The second-order valence-corrected chi connectivity index (χ2v) is 16.0. The summed E-state index contributed by atoms with van der Waals surface area (Å²) in [4.78, 5) is 15.5. The fourth-order valence-electron chi connectivity index (χ4n) is 9.54. The SMILES string of the molecule is c1ccc(-c2cc(-c3nc(-c4ccccc4)nc(-c4ccccc4)n3)c3c(c2)oc2c(-n4c5ccccc5c5cc6c7ccccc7n(-c7ccccc7)c6cc54)cccc23)cc1. The van der Waals surface area contributed by atoms with Crippen molar-refractivity contribution in [3.8, 4) is 56.7 Å². The summed E-state index contributed by atoms with van der Waals surface area (Å²) in [6.07, 6.45) is 0. The number of hydrogen-bond acceptors (Lipinski definition) is 4. The molecular formula is C57H35N5O. The van der Waals surface area contributed by atoms with Crippen molar-refractivity contribution in [1.82, 2.24) is 24.1 Å². The van der Waals surface area contributed by atoms with E-state index in [1.54, 1.807) is 0 Å². The van der Waals surface area contributed by atoms with E-state index in [2.05, 4.69) is 155 Å². The Labute approximate surface area is 361 Å². The van der Waals surface area contributed by atoms with Crippen LogP contribution < -0.4 is 0 Å². The minimum absolute atomic E-state index is 0.576. The Morgan fingerprint density at radius 1 is 0.333 bits per heavy atom. The highest BCUT2D eigenvalue weighted by Gasteiger charge is 2.24. The zero-order chi connectivity index (χ0) is 41.4. The van der Waals surface area contributed by atoms with Gasteiger partial charge in [0.25, 0.3) is 0 Å². The molecule has 4 aromatic heterocycles.